The normalized spacial score (nSPS) is 24.5. The van der Waals surface area contributed by atoms with Gasteiger partial charge in [0.2, 0.25) is 5.91 Å². The highest BCUT2D eigenvalue weighted by molar-refractivity contribution is 7.15. The zero-order valence-electron chi connectivity index (χ0n) is 13.2. The smallest absolute Gasteiger partial charge is 0.240 e. The second-order valence-electron chi connectivity index (χ2n) is 6.60. The number of carbonyl (C=O) groups is 1. The van der Waals surface area contributed by atoms with Crippen LogP contribution in [0.1, 0.15) is 42.7 Å². The van der Waals surface area contributed by atoms with Crippen molar-refractivity contribution in [2.45, 2.75) is 51.0 Å². The molecule has 1 aromatic rings. The fourth-order valence-electron chi connectivity index (χ4n) is 3.51. The fourth-order valence-corrected chi connectivity index (χ4v) is 4.58. The maximum atomic E-state index is 12.1. The number of likely N-dealkylation sites (N-methyl/N-ethyl adjacent to an activating group) is 1. The van der Waals surface area contributed by atoms with E-state index in [-0.39, 0.29) is 12.0 Å². The lowest BCUT2D eigenvalue weighted by Crippen LogP contribution is -2.38. The van der Waals surface area contributed by atoms with E-state index >= 15 is 0 Å². The molecular formula is C16H25N3O2S. The summed E-state index contributed by atoms with van der Waals surface area (Å²) in [6, 6.07) is 0. The first-order chi connectivity index (χ1) is 10.6. The summed E-state index contributed by atoms with van der Waals surface area (Å²) in [5, 5.41) is 13.7. The van der Waals surface area contributed by atoms with Crippen molar-refractivity contribution in [2.75, 3.05) is 25.5 Å². The molecule has 1 aromatic heterocycles. The molecule has 2 aliphatic carbocycles. The molecule has 5 nitrogen and oxygen atoms in total. The van der Waals surface area contributed by atoms with E-state index in [9.17, 15) is 9.90 Å². The standard InChI is InChI=1S/C16H25N3O2S/c1-19(9-11-5-2-3-7-13(11)20)10-15(21)18-16-17-12-6-4-8-14(12)22-16/h11,13,20H,2-10H2,1H3,(H,17,18,21). The monoisotopic (exact) mass is 323 g/mol. The molecule has 0 radical (unpaired) electrons. The Balaban J connectivity index is 1.46. The summed E-state index contributed by atoms with van der Waals surface area (Å²) in [6.45, 7) is 1.14. The van der Waals surface area contributed by atoms with Crippen LogP contribution in [0.2, 0.25) is 0 Å². The van der Waals surface area contributed by atoms with Crippen molar-refractivity contribution in [3.05, 3.63) is 10.6 Å². The number of aliphatic hydroxyl groups excluding tert-OH is 1. The number of aromatic nitrogens is 1. The zero-order chi connectivity index (χ0) is 15.5. The van der Waals surface area contributed by atoms with Crippen molar-refractivity contribution >= 4 is 22.4 Å². The third kappa shape index (κ3) is 3.86. The van der Waals surface area contributed by atoms with Gasteiger partial charge in [-0.1, -0.05) is 12.8 Å². The molecule has 0 spiro atoms. The topological polar surface area (TPSA) is 65.5 Å². The van der Waals surface area contributed by atoms with E-state index in [2.05, 4.69) is 10.3 Å². The second-order valence-corrected chi connectivity index (χ2v) is 7.68. The predicted molar refractivity (Wildman–Crippen MR) is 88.2 cm³/mol. The van der Waals surface area contributed by atoms with E-state index in [0.29, 0.717) is 12.5 Å². The molecule has 0 aromatic carbocycles. The first-order valence-electron chi connectivity index (χ1n) is 8.27. The molecule has 2 N–H and O–H groups in total. The van der Waals surface area contributed by atoms with E-state index in [0.717, 1.165) is 43.8 Å². The second kappa shape index (κ2) is 7.06. The molecule has 2 atom stereocenters. The number of hydrogen-bond acceptors (Lipinski definition) is 5. The maximum Gasteiger partial charge on any atom is 0.240 e. The number of hydrogen-bond donors (Lipinski definition) is 2. The molecular weight excluding hydrogens is 298 g/mol. The van der Waals surface area contributed by atoms with Crippen LogP contribution in [0.4, 0.5) is 5.13 Å². The Morgan fingerprint density at radius 3 is 2.95 bits per heavy atom. The lowest BCUT2D eigenvalue weighted by molar-refractivity contribution is -0.117. The molecule has 0 bridgehead atoms. The largest absolute Gasteiger partial charge is 0.393 e. The highest BCUT2D eigenvalue weighted by Crippen LogP contribution is 2.30. The van der Waals surface area contributed by atoms with Gasteiger partial charge in [-0.3, -0.25) is 9.69 Å². The highest BCUT2D eigenvalue weighted by atomic mass is 32.1. The van der Waals surface area contributed by atoms with Crippen LogP contribution in [0.5, 0.6) is 0 Å². The lowest BCUT2D eigenvalue weighted by atomic mass is 9.86. The molecule has 0 aliphatic heterocycles. The maximum absolute atomic E-state index is 12.1. The number of carbonyl (C=O) groups excluding carboxylic acids is 1. The summed E-state index contributed by atoms with van der Waals surface area (Å²) in [7, 11) is 1.95. The minimum Gasteiger partial charge on any atom is -0.393 e. The van der Waals surface area contributed by atoms with Gasteiger partial charge in [-0.05, 0) is 45.1 Å². The van der Waals surface area contributed by atoms with Crippen LogP contribution < -0.4 is 5.32 Å². The Bertz CT molecular complexity index is 510. The molecule has 1 heterocycles. The quantitative estimate of drug-likeness (QED) is 0.870. The summed E-state index contributed by atoms with van der Waals surface area (Å²) in [5.74, 6) is 0.287. The molecule has 1 saturated carbocycles. The molecule has 122 valence electrons. The minimum absolute atomic E-state index is 0.0137. The van der Waals surface area contributed by atoms with E-state index in [1.807, 2.05) is 11.9 Å². The molecule has 0 saturated heterocycles. The van der Waals surface area contributed by atoms with Crippen molar-refractivity contribution in [2.24, 2.45) is 5.92 Å². The predicted octanol–water partition coefficient (Wildman–Crippen LogP) is 2.05. The highest BCUT2D eigenvalue weighted by Gasteiger charge is 2.25. The molecule has 2 aliphatic rings. The summed E-state index contributed by atoms with van der Waals surface area (Å²) < 4.78 is 0. The van der Waals surface area contributed by atoms with Gasteiger partial charge >= 0.3 is 0 Å². The Morgan fingerprint density at radius 1 is 1.36 bits per heavy atom. The first-order valence-corrected chi connectivity index (χ1v) is 9.08. The summed E-state index contributed by atoms with van der Waals surface area (Å²) >= 11 is 1.61. The summed E-state index contributed by atoms with van der Waals surface area (Å²) in [5.41, 5.74) is 1.17. The van der Waals surface area contributed by atoms with Crippen LogP contribution in [0, 0.1) is 5.92 Å². The molecule has 1 fully saturated rings. The first kappa shape index (κ1) is 15.9. The Kier molecular flexibility index (Phi) is 5.10. The van der Waals surface area contributed by atoms with Gasteiger partial charge in [0.1, 0.15) is 0 Å². The number of aliphatic hydroxyl groups is 1. The van der Waals surface area contributed by atoms with Crippen LogP contribution in [0.25, 0.3) is 0 Å². The van der Waals surface area contributed by atoms with Crippen molar-refractivity contribution < 1.29 is 9.90 Å². The van der Waals surface area contributed by atoms with Crippen LogP contribution >= 0.6 is 11.3 Å². The van der Waals surface area contributed by atoms with Gasteiger partial charge in [0.25, 0.3) is 0 Å². The molecule has 3 rings (SSSR count). The number of thiazole rings is 1. The zero-order valence-corrected chi connectivity index (χ0v) is 14.0. The van der Waals surface area contributed by atoms with Gasteiger partial charge in [0, 0.05) is 11.4 Å². The Morgan fingerprint density at radius 2 is 2.18 bits per heavy atom. The number of nitrogens with zero attached hydrogens (tertiary/aromatic N) is 2. The van der Waals surface area contributed by atoms with Gasteiger partial charge in [0.15, 0.2) is 5.13 Å². The number of amides is 1. The van der Waals surface area contributed by atoms with E-state index < -0.39 is 0 Å². The molecule has 22 heavy (non-hydrogen) atoms. The third-order valence-electron chi connectivity index (χ3n) is 4.67. The van der Waals surface area contributed by atoms with Crippen molar-refractivity contribution in [3.8, 4) is 0 Å². The van der Waals surface area contributed by atoms with E-state index in [4.69, 9.17) is 0 Å². The van der Waals surface area contributed by atoms with Crippen LogP contribution in [0.3, 0.4) is 0 Å². The van der Waals surface area contributed by atoms with Crippen LogP contribution in [0.15, 0.2) is 0 Å². The van der Waals surface area contributed by atoms with Crippen LogP contribution in [-0.2, 0) is 17.6 Å². The summed E-state index contributed by atoms with van der Waals surface area (Å²) in [6.07, 6.45) is 7.39. The van der Waals surface area contributed by atoms with Gasteiger partial charge < -0.3 is 10.4 Å². The Labute approximate surface area is 135 Å². The van der Waals surface area contributed by atoms with Crippen molar-refractivity contribution in [1.82, 2.24) is 9.88 Å². The number of rotatable bonds is 5. The number of anilines is 1. The van der Waals surface area contributed by atoms with E-state index in [1.165, 1.54) is 23.4 Å². The average Bonchev–Trinajstić information content (AvgIpc) is 3.02. The number of aryl methyl sites for hydroxylation is 2. The fraction of sp³-hybridized carbons (Fsp3) is 0.750. The minimum atomic E-state index is -0.207. The molecule has 1 amide bonds. The number of nitrogens with one attached hydrogen (secondary N) is 1. The van der Waals surface area contributed by atoms with Gasteiger partial charge in [-0.15, -0.1) is 11.3 Å². The Hall–Kier alpha value is -0.980. The van der Waals surface area contributed by atoms with E-state index in [1.54, 1.807) is 11.3 Å². The summed E-state index contributed by atoms with van der Waals surface area (Å²) in [4.78, 5) is 20.0. The third-order valence-corrected chi connectivity index (χ3v) is 5.74. The lowest BCUT2D eigenvalue weighted by Gasteiger charge is -2.30. The average molecular weight is 323 g/mol. The number of fused-ring (bicyclic) bond motifs is 1. The molecule has 2 unspecified atom stereocenters. The SMILES string of the molecule is CN(CC(=O)Nc1nc2c(s1)CCC2)CC1CCCCC1O. The van der Waals surface area contributed by atoms with Gasteiger partial charge in [-0.25, -0.2) is 4.98 Å². The van der Waals surface area contributed by atoms with Crippen molar-refractivity contribution in [3.63, 3.8) is 0 Å². The van der Waals surface area contributed by atoms with Crippen LogP contribution in [-0.4, -0.2) is 47.1 Å². The van der Waals surface area contributed by atoms with Gasteiger partial charge in [-0.2, -0.15) is 0 Å². The van der Waals surface area contributed by atoms with Gasteiger partial charge in [0.05, 0.1) is 18.3 Å². The van der Waals surface area contributed by atoms with Crippen molar-refractivity contribution in [1.29, 1.82) is 0 Å². The molecule has 6 heteroatoms.